The molecule has 0 bridgehead atoms. The summed E-state index contributed by atoms with van der Waals surface area (Å²) in [6, 6.07) is 8.54. The van der Waals surface area contributed by atoms with Gasteiger partial charge in [-0.15, -0.1) is 10.2 Å². The van der Waals surface area contributed by atoms with E-state index in [0.717, 1.165) is 26.1 Å². The summed E-state index contributed by atoms with van der Waals surface area (Å²) < 4.78 is 5.45. The van der Waals surface area contributed by atoms with Crippen molar-refractivity contribution in [1.82, 2.24) is 20.0 Å². The van der Waals surface area contributed by atoms with Crippen LogP contribution in [0.15, 0.2) is 28.7 Å². The van der Waals surface area contributed by atoms with Gasteiger partial charge in [0.2, 0.25) is 17.7 Å². The van der Waals surface area contributed by atoms with E-state index in [-0.39, 0.29) is 5.91 Å². The fourth-order valence-electron chi connectivity index (χ4n) is 2.99. The van der Waals surface area contributed by atoms with Gasteiger partial charge in [-0.1, -0.05) is 31.2 Å². The molecular formula is C18H24N4O2. The number of hydrogen-bond donors (Lipinski definition) is 0. The lowest BCUT2D eigenvalue weighted by molar-refractivity contribution is -0.130. The molecule has 0 spiro atoms. The van der Waals surface area contributed by atoms with E-state index in [1.54, 1.807) is 11.9 Å². The molecule has 128 valence electrons. The van der Waals surface area contributed by atoms with Crippen molar-refractivity contribution in [1.29, 1.82) is 0 Å². The van der Waals surface area contributed by atoms with Gasteiger partial charge in [-0.05, 0) is 24.1 Å². The van der Waals surface area contributed by atoms with Gasteiger partial charge >= 0.3 is 0 Å². The van der Waals surface area contributed by atoms with Crippen LogP contribution in [0.1, 0.15) is 42.7 Å². The maximum atomic E-state index is 12.2. The van der Waals surface area contributed by atoms with Gasteiger partial charge in [0.15, 0.2) is 0 Å². The molecule has 1 aromatic carbocycles. The largest absolute Gasteiger partial charge is 0.423 e. The van der Waals surface area contributed by atoms with Crippen LogP contribution >= 0.6 is 0 Å². The Kier molecular flexibility index (Phi) is 5.25. The number of carbonyl (C=O) groups excluding carboxylic acids is 1. The SMILES string of the molecule is CCc1nnc(CN(C)C(=O)CCCN2Cc3ccccc3C2)o1. The lowest BCUT2D eigenvalue weighted by Crippen LogP contribution is -2.27. The van der Waals surface area contributed by atoms with Crippen LogP contribution in [0.3, 0.4) is 0 Å². The van der Waals surface area contributed by atoms with Crippen molar-refractivity contribution >= 4 is 5.91 Å². The third-order valence-electron chi connectivity index (χ3n) is 4.38. The van der Waals surface area contributed by atoms with Crippen molar-refractivity contribution in [3.8, 4) is 0 Å². The average molecular weight is 328 g/mol. The minimum Gasteiger partial charge on any atom is -0.423 e. The topological polar surface area (TPSA) is 62.5 Å². The van der Waals surface area contributed by atoms with Crippen molar-refractivity contribution in [3.63, 3.8) is 0 Å². The molecule has 0 atom stereocenters. The highest BCUT2D eigenvalue weighted by Gasteiger charge is 2.18. The van der Waals surface area contributed by atoms with Crippen LogP contribution in [0.25, 0.3) is 0 Å². The highest BCUT2D eigenvalue weighted by atomic mass is 16.4. The Balaban J connectivity index is 1.39. The third-order valence-corrected chi connectivity index (χ3v) is 4.38. The summed E-state index contributed by atoms with van der Waals surface area (Å²) >= 11 is 0. The average Bonchev–Trinajstić information content (AvgIpc) is 3.20. The number of amides is 1. The van der Waals surface area contributed by atoms with Crippen molar-refractivity contribution in [2.24, 2.45) is 0 Å². The lowest BCUT2D eigenvalue weighted by Gasteiger charge is -2.17. The predicted molar refractivity (Wildman–Crippen MR) is 89.9 cm³/mol. The molecule has 1 amide bonds. The minimum absolute atomic E-state index is 0.114. The molecule has 1 aliphatic heterocycles. The zero-order valence-electron chi connectivity index (χ0n) is 14.4. The lowest BCUT2D eigenvalue weighted by atomic mass is 10.1. The quantitative estimate of drug-likeness (QED) is 0.781. The first-order valence-corrected chi connectivity index (χ1v) is 8.50. The number of carbonyl (C=O) groups is 1. The molecule has 3 rings (SSSR count). The third kappa shape index (κ3) is 4.00. The fraction of sp³-hybridized carbons (Fsp3) is 0.500. The normalized spacial score (nSPS) is 13.9. The molecule has 2 aromatic rings. The van der Waals surface area contributed by atoms with Gasteiger partial charge in [0.1, 0.15) is 0 Å². The maximum Gasteiger partial charge on any atom is 0.235 e. The Hall–Kier alpha value is -2.21. The Morgan fingerprint density at radius 3 is 2.50 bits per heavy atom. The zero-order valence-corrected chi connectivity index (χ0v) is 14.4. The van der Waals surface area contributed by atoms with Gasteiger partial charge in [0, 0.05) is 33.0 Å². The molecule has 6 heteroatoms. The molecule has 24 heavy (non-hydrogen) atoms. The first-order valence-electron chi connectivity index (χ1n) is 8.50. The summed E-state index contributed by atoms with van der Waals surface area (Å²) in [5, 5.41) is 7.88. The highest BCUT2D eigenvalue weighted by molar-refractivity contribution is 5.75. The van der Waals surface area contributed by atoms with Gasteiger partial charge in [-0.2, -0.15) is 0 Å². The van der Waals surface area contributed by atoms with E-state index >= 15 is 0 Å². The molecule has 0 radical (unpaired) electrons. The van der Waals surface area contributed by atoms with E-state index in [9.17, 15) is 4.79 Å². The molecule has 2 heterocycles. The van der Waals surface area contributed by atoms with Crippen LogP contribution < -0.4 is 0 Å². The van der Waals surface area contributed by atoms with Crippen LogP contribution in [0.4, 0.5) is 0 Å². The van der Waals surface area contributed by atoms with Crippen molar-refractivity contribution < 1.29 is 9.21 Å². The molecule has 1 aromatic heterocycles. The van der Waals surface area contributed by atoms with E-state index in [1.165, 1.54) is 11.1 Å². The smallest absolute Gasteiger partial charge is 0.235 e. The first-order chi connectivity index (χ1) is 11.7. The van der Waals surface area contributed by atoms with E-state index in [2.05, 4.69) is 39.4 Å². The van der Waals surface area contributed by atoms with E-state index in [4.69, 9.17) is 4.42 Å². The Morgan fingerprint density at radius 1 is 1.21 bits per heavy atom. The first kappa shape index (κ1) is 16.6. The minimum atomic E-state index is 0.114. The van der Waals surface area contributed by atoms with Crippen LogP contribution in [-0.4, -0.2) is 39.5 Å². The van der Waals surface area contributed by atoms with Crippen molar-refractivity contribution in [3.05, 3.63) is 47.2 Å². The number of aromatic nitrogens is 2. The molecule has 0 saturated heterocycles. The van der Waals surface area contributed by atoms with Crippen molar-refractivity contribution in [2.75, 3.05) is 13.6 Å². The van der Waals surface area contributed by atoms with Gasteiger partial charge in [0.05, 0.1) is 6.54 Å². The number of fused-ring (bicyclic) bond motifs is 1. The summed E-state index contributed by atoms with van der Waals surface area (Å²) in [7, 11) is 1.78. The monoisotopic (exact) mass is 328 g/mol. The van der Waals surface area contributed by atoms with Crippen molar-refractivity contribution in [2.45, 2.75) is 45.8 Å². The van der Waals surface area contributed by atoms with Crippen LogP contribution in [0.2, 0.25) is 0 Å². The summed E-state index contributed by atoms with van der Waals surface area (Å²) in [5.41, 5.74) is 2.81. The molecule has 0 unspecified atom stereocenters. The number of benzene rings is 1. The van der Waals surface area contributed by atoms with Gasteiger partial charge in [-0.3, -0.25) is 9.69 Å². The van der Waals surface area contributed by atoms with E-state index in [0.29, 0.717) is 31.2 Å². The predicted octanol–water partition coefficient (Wildman–Crippen LogP) is 2.39. The Morgan fingerprint density at radius 2 is 1.88 bits per heavy atom. The molecule has 6 nitrogen and oxygen atoms in total. The number of hydrogen-bond acceptors (Lipinski definition) is 5. The molecule has 0 aliphatic carbocycles. The summed E-state index contributed by atoms with van der Waals surface area (Å²) in [4.78, 5) is 16.3. The van der Waals surface area contributed by atoms with Crippen LogP contribution in [0.5, 0.6) is 0 Å². The van der Waals surface area contributed by atoms with E-state index in [1.807, 2.05) is 6.92 Å². The fourth-order valence-corrected chi connectivity index (χ4v) is 2.99. The summed E-state index contributed by atoms with van der Waals surface area (Å²) in [5.74, 6) is 1.22. The summed E-state index contributed by atoms with van der Waals surface area (Å²) in [6.45, 7) is 5.25. The Bertz CT molecular complexity index is 673. The molecule has 0 saturated carbocycles. The second-order valence-corrected chi connectivity index (χ2v) is 6.28. The number of nitrogens with zero attached hydrogens (tertiary/aromatic N) is 4. The molecular weight excluding hydrogens is 304 g/mol. The zero-order chi connectivity index (χ0) is 16.9. The molecule has 0 N–H and O–H groups in total. The number of rotatable bonds is 7. The number of aryl methyl sites for hydroxylation is 1. The van der Waals surface area contributed by atoms with Crippen LogP contribution in [0, 0.1) is 0 Å². The second-order valence-electron chi connectivity index (χ2n) is 6.28. The van der Waals surface area contributed by atoms with Crippen LogP contribution in [-0.2, 0) is 30.8 Å². The molecule has 0 fully saturated rings. The Labute approximate surface area is 142 Å². The second kappa shape index (κ2) is 7.57. The molecule has 1 aliphatic rings. The maximum absolute atomic E-state index is 12.2. The van der Waals surface area contributed by atoms with Gasteiger partial charge in [0.25, 0.3) is 0 Å². The van der Waals surface area contributed by atoms with E-state index < -0.39 is 0 Å². The standard InChI is InChI=1S/C18H24N4O2/c1-3-16-19-20-17(24-16)13-21(2)18(23)9-6-10-22-11-14-7-4-5-8-15(14)12-22/h4-5,7-8H,3,6,9-13H2,1-2H3. The summed E-state index contributed by atoms with van der Waals surface area (Å²) in [6.07, 6.45) is 2.11. The van der Waals surface area contributed by atoms with Gasteiger partial charge < -0.3 is 9.32 Å². The highest BCUT2D eigenvalue weighted by Crippen LogP contribution is 2.22. The van der Waals surface area contributed by atoms with Gasteiger partial charge in [-0.25, -0.2) is 0 Å².